The van der Waals surface area contributed by atoms with Gasteiger partial charge in [-0.2, -0.15) is 0 Å². The quantitative estimate of drug-likeness (QED) is 0.583. The SMILES string of the molecule is Cc1ccc2c3c(cccc13)CCC2. The molecular weight excluding hydrogens is 168 g/mol. The summed E-state index contributed by atoms with van der Waals surface area (Å²) in [6.07, 6.45) is 3.83. The van der Waals surface area contributed by atoms with Gasteiger partial charge in [0.2, 0.25) is 0 Å². The monoisotopic (exact) mass is 182 g/mol. The Morgan fingerprint density at radius 2 is 1.71 bits per heavy atom. The second-order valence-electron chi connectivity index (χ2n) is 4.23. The summed E-state index contributed by atoms with van der Waals surface area (Å²) >= 11 is 0. The van der Waals surface area contributed by atoms with Crippen molar-refractivity contribution in [1.82, 2.24) is 0 Å². The summed E-state index contributed by atoms with van der Waals surface area (Å²) in [5.74, 6) is 0. The van der Waals surface area contributed by atoms with Crippen LogP contribution in [0.1, 0.15) is 23.1 Å². The van der Waals surface area contributed by atoms with Crippen LogP contribution in [0.5, 0.6) is 0 Å². The predicted octanol–water partition coefficient (Wildman–Crippen LogP) is 3.64. The second-order valence-corrected chi connectivity index (χ2v) is 4.23. The van der Waals surface area contributed by atoms with Gasteiger partial charge in [0, 0.05) is 0 Å². The van der Waals surface area contributed by atoms with E-state index in [1.807, 2.05) is 0 Å². The molecule has 0 heteroatoms. The maximum Gasteiger partial charge on any atom is -0.0117 e. The van der Waals surface area contributed by atoms with Crippen LogP contribution in [0.2, 0.25) is 0 Å². The Morgan fingerprint density at radius 1 is 0.929 bits per heavy atom. The highest BCUT2D eigenvalue weighted by Gasteiger charge is 2.12. The van der Waals surface area contributed by atoms with Gasteiger partial charge in [-0.05, 0) is 53.6 Å². The molecule has 0 spiro atoms. The maximum absolute atomic E-state index is 2.31. The topological polar surface area (TPSA) is 0 Å². The van der Waals surface area contributed by atoms with E-state index < -0.39 is 0 Å². The maximum atomic E-state index is 2.31. The molecule has 1 aliphatic carbocycles. The van der Waals surface area contributed by atoms with Crippen molar-refractivity contribution in [2.24, 2.45) is 0 Å². The molecule has 70 valence electrons. The first-order valence-electron chi connectivity index (χ1n) is 5.36. The van der Waals surface area contributed by atoms with Gasteiger partial charge in [-0.3, -0.25) is 0 Å². The van der Waals surface area contributed by atoms with Gasteiger partial charge < -0.3 is 0 Å². The van der Waals surface area contributed by atoms with Crippen LogP contribution in [0.4, 0.5) is 0 Å². The van der Waals surface area contributed by atoms with Crippen LogP contribution in [0.3, 0.4) is 0 Å². The zero-order chi connectivity index (χ0) is 9.54. The van der Waals surface area contributed by atoms with E-state index in [1.165, 1.54) is 30.2 Å². The standard InChI is InChI=1S/C14H14/c1-10-8-9-12-5-2-4-11-6-3-7-13(10)14(11)12/h3,6-9H,2,4-5H2,1H3. The third-order valence-corrected chi connectivity index (χ3v) is 3.32. The molecule has 3 rings (SSSR count). The van der Waals surface area contributed by atoms with Gasteiger partial charge in [0.15, 0.2) is 0 Å². The van der Waals surface area contributed by atoms with E-state index in [4.69, 9.17) is 0 Å². The zero-order valence-corrected chi connectivity index (χ0v) is 8.51. The third kappa shape index (κ3) is 1.00. The molecule has 2 aromatic carbocycles. The van der Waals surface area contributed by atoms with Crippen LogP contribution < -0.4 is 0 Å². The van der Waals surface area contributed by atoms with Crippen molar-refractivity contribution in [3.63, 3.8) is 0 Å². The molecule has 0 bridgehead atoms. The summed E-state index contributed by atoms with van der Waals surface area (Å²) in [4.78, 5) is 0. The fourth-order valence-electron chi connectivity index (χ4n) is 2.59. The predicted molar refractivity (Wildman–Crippen MR) is 60.7 cm³/mol. The van der Waals surface area contributed by atoms with Gasteiger partial charge in [-0.1, -0.05) is 30.3 Å². The summed E-state index contributed by atoms with van der Waals surface area (Å²) in [6, 6.07) is 11.3. The molecular formula is C14H14. The normalized spacial score (nSPS) is 14.6. The third-order valence-electron chi connectivity index (χ3n) is 3.32. The fraction of sp³-hybridized carbons (Fsp3) is 0.286. The Bertz CT molecular complexity index is 484. The summed E-state index contributed by atoms with van der Waals surface area (Å²) in [5, 5.41) is 3.00. The Balaban J connectivity index is 2.51. The molecule has 0 amide bonds. The molecule has 0 saturated heterocycles. The largest absolute Gasteiger partial charge is 0.0613 e. The van der Waals surface area contributed by atoms with Crippen LogP contribution in [0.15, 0.2) is 30.3 Å². The number of benzene rings is 2. The molecule has 0 unspecified atom stereocenters. The smallest absolute Gasteiger partial charge is 0.0117 e. The Kier molecular flexibility index (Phi) is 1.63. The first kappa shape index (κ1) is 8.05. The van der Waals surface area contributed by atoms with Crippen molar-refractivity contribution in [3.8, 4) is 0 Å². The van der Waals surface area contributed by atoms with Crippen molar-refractivity contribution in [1.29, 1.82) is 0 Å². The van der Waals surface area contributed by atoms with Crippen LogP contribution in [-0.4, -0.2) is 0 Å². The van der Waals surface area contributed by atoms with Crippen LogP contribution in [0, 0.1) is 6.92 Å². The number of hydrogen-bond donors (Lipinski definition) is 0. The minimum Gasteiger partial charge on any atom is -0.0613 e. The Hall–Kier alpha value is -1.30. The van der Waals surface area contributed by atoms with E-state index in [0.717, 1.165) is 0 Å². The molecule has 0 N–H and O–H groups in total. The first-order valence-corrected chi connectivity index (χ1v) is 5.36. The molecule has 0 aromatic heterocycles. The molecule has 0 saturated carbocycles. The lowest BCUT2D eigenvalue weighted by Gasteiger charge is -2.17. The molecule has 2 aromatic rings. The van der Waals surface area contributed by atoms with E-state index in [2.05, 4.69) is 37.3 Å². The lowest BCUT2D eigenvalue weighted by atomic mass is 9.87. The number of aryl methyl sites for hydroxylation is 3. The van der Waals surface area contributed by atoms with Gasteiger partial charge in [0.05, 0.1) is 0 Å². The van der Waals surface area contributed by atoms with E-state index >= 15 is 0 Å². The second kappa shape index (κ2) is 2.84. The summed E-state index contributed by atoms with van der Waals surface area (Å²) in [6.45, 7) is 2.21. The molecule has 0 fully saturated rings. The lowest BCUT2D eigenvalue weighted by Crippen LogP contribution is -2.01. The van der Waals surface area contributed by atoms with Gasteiger partial charge in [-0.25, -0.2) is 0 Å². The van der Waals surface area contributed by atoms with E-state index in [9.17, 15) is 0 Å². The van der Waals surface area contributed by atoms with Crippen molar-refractivity contribution in [2.75, 3.05) is 0 Å². The van der Waals surface area contributed by atoms with Crippen LogP contribution in [-0.2, 0) is 12.8 Å². The minimum atomic E-state index is 1.26. The number of rotatable bonds is 0. The molecule has 0 aliphatic heterocycles. The highest BCUT2D eigenvalue weighted by Crippen LogP contribution is 2.31. The summed E-state index contributed by atoms with van der Waals surface area (Å²) < 4.78 is 0. The molecule has 14 heavy (non-hydrogen) atoms. The van der Waals surface area contributed by atoms with Crippen molar-refractivity contribution in [3.05, 3.63) is 47.0 Å². The Labute approximate surface area is 84.6 Å². The van der Waals surface area contributed by atoms with Crippen molar-refractivity contribution in [2.45, 2.75) is 26.2 Å². The molecule has 0 radical (unpaired) electrons. The lowest BCUT2D eigenvalue weighted by molar-refractivity contribution is 0.808. The average Bonchev–Trinajstić information content (AvgIpc) is 2.24. The van der Waals surface area contributed by atoms with Gasteiger partial charge >= 0.3 is 0 Å². The van der Waals surface area contributed by atoms with Gasteiger partial charge in [-0.15, -0.1) is 0 Å². The highest BCUT2D eigenvalue weighted by atomic mass is 14.2. The minimum absolute atomic E-state index is 1.26. The molecule has 0 atom stereocenters. The van der Waals surface area contributed by atoms with Crippen LogP contribution in [0.25, 0.3) is 10.8 Å². The zero-order valence-electron chi connectivity index (χ0n) is 8.51. The molecule has 0 heterocycles. The average molecular weight is 182 g/mol. The van der Waals surface area contributed by atoms with E-state index in [1.54, 1.807) is 16.5 Å². The van der Waals surface area contributed by atoms with E-state index in [-0.39, 0.29) is 0 Å². The van der Waals surface area contributed by atoms with Crippen molar-refractivity contribution < 1.29 is 0 Å². The highest BCUT2D eigenvalue weighted by molar-refractivity contribution is 5.92. The van der Waals surface area contributed by atoms with Crippen molar-refractivity contribution >= 4 is 10.8 Å². The van der Waals surface area contributed by atoms with Crippen LogP contribution >= 0.6 is 0 Å². The van der Waals surface area contributed by atoms with Gasteiger partial charge in [0.25, 0.3) is 0 Å². The fourth-order valence-corrected chi connectivity index (χ4v) is 2.59. The first-order chi connectivity index (χ1) is 6.86. The summed E-state index contributed by atoms with van der Waals surface area (Å²) in [7, 11) is 0. The van der Waals surface area contributed by atoms with E-state index in [0.29, 0.717) is 0 Å². The van der Waals surface area contributed by atoms with Gasteiger partial charge in [0.1, 0.15) is 0 Å². The Morgan fingerprint density at radius 3 is 2.57 bits per heavy atom. The molecule has 0 nitrogen and oxygen atoms in total. The summed E-state index contributed by atoms with van der Waals surface area (Å²) in [5.41, 5.74) is 4.51. The molecule has 1 aliphatic rings. The number of hydrogen-bond acceptors (Lipinski definition) is 0.